The molecule has 1 atom stereocenters. The Bertz CT molecular complexity index is 714. The molecule has 0 amide bonds. The van der Waals surface area contributed by atoms with Crippen LogP contribution in [0.4, 0.5) is 5.69 Å². The number of sulfonamides is 1. The first-order chi connectivity index (χ1) is 10.2. The maximum Gasteiger partial charge on any atom is 0.240 e. The first-order valence-corrected chi connectivity index (χ1v) is 8.53. The quantitative estimate of drug-likeness (QED) is 0.892. The Kier molecular flexibility index (Phi) is 3.94. The Morgan fingerprint density at radius 3 is 2.57 bits per heavy atom. The van der Waals surface area contributed by atoms with E-state index >= 15 is 0 Å². The third-order valence-electron chi connectivity index (χ3n) is 3.78. The van der Waals surface area contributed by atoms with Gasteiger partial charge in [0, 0.05) is 24.7 Å². The summed E-state index contributed by atoms with van der Waals surface area (Å²) in [6, 6.07) is 16.7. The molecular weight excluding hydrogens is 284 g/mol. The van der Waals surface area contributed by atoms with Crippen LogP contribution in [0.15, 0.2) is 59.5 Å². The standard InChI is InChI=1S/C16H18N2O2S/c19-21(20,14-6-2-1-3-7-14)18-11-10-13-12-17-16-9-5-4-8-15(13)16/h1-9,13,17-18H,10-12H2. The molecule has 0 radical (unpaired) electrons. The topological polar surface area (TPSA) is 58.2 Å². The van der Waals surface area contributed by atoms with Crippen molar-refractivity contribution in [2.75, 3.05) is 18.4 Å². The first kappa shape index (κ1) is 14.1. The molecule has 0 bridgehead atoms. The number of benzene rings is 2. The van der Waals surface area contributed by atoms with E-state index in [4.69, 9.17) is 0 Å². The Morgan fingerprint density at radius 2 is 1.76 bits per heavy atom. The van der Waals surface area contributed by atoms with Crippen molar-refractivity contribution in [1.29, 1.82) is 0 Å². The normalized spacial score (nSPS) is 17.2. The Labute approximate surface area is 125 Å². The van der Waals surface area contributed by atoms with E-state index in [2.05, 4.69) is 22.2 Å². The van der Waals surface area contributed by atoms with Crippen LogP contribution in [0.25, 0.3) is 0 Å². The Balaban J connectivity index is 1.60. The van der Waals surface area contributed by atoms with Crippen LogP contribution in [0.5, 0.6) is 0 Å². The van der Waals surface area contributed by atoms with Crippen LogP contribution in [0.3, 0.4) is 0 Å². The van der Waals surface area contributed by atoms with Crippen molar-refractivity contribution in [3.05, 3.63) is 60.2 Å². The van der Waals surface area contributed by atoms with Crippen LogP contribution in [-0.2, 0) is 10.0 Å². The molecule has 0 saturated carbocycles. The molecule has 0 spiro atoms. The van der Waals surface area contributed by atoms with Gasteiger partial charge in [-0.2, -0.15) is 0 Å². The maximum absolute atomic E-state index is 12.1. The highest BCUT2D eigenvalue weighted by molar-refractivity contribution is 7.89. The number of hydrogen-bond donors (Lipinski definition) is 2. The molecule has 5 heteroatoms. The molecule has 0 aliphatic carbocycles. The Morgan fingerprint density at radius 1 is 1.05 bits per heavy atom. The maximum atomic E-state index is 12.1. The van der Waals surface area contributed by atoms with Gasteiger partial charge in [0.2, 0.25) is 10.0 Å². The minimum atomic E-state index is -3.40. The van der Waals surface area contributed by atoms with Gasteiger partial charge in [-0.15, -0.1) is 0 Å². The summed E-state index contributed by atoms with van der Waals surface area (Å²) in [5.74, 6) is 0.361. The Hall–Kier alpha value is -1.85. The number of rotatable bonds is 5. The SMILES string of the molecule is O=S(=O)(NCCC1CNc2ccccc21)c1ccccc1. The molecule has 1 heterocycles. The summed E-state index contributed by atoms with van der Waals surface area (Å²) >= 11 is 0. The van der Waals surface area contributed by atoms with Crippen molar-refractivity contribution < 1.29 is 8.42 Å². The molecule has 2 aromatic carbocycles. The van der Waals surface area contributed by atoms with Crippen molar-refractivity contribution >= 4 is 15.7 Å². The fourth-order valence-electron chi connectivity index (χ4n) is 2.67. The van der Waals surface area contributed by atoms with Crippen LogP contribution in [0, 0.1) is 0 Å². The van der Waals surface area contributed by atoms with Gasteiger partial charge < -0.3 is 5.32 Å². The lowest BCUT2D eigenvalue weighted by atomic mass is 9.98. The minimum Gasteiger partial charge on any atom is -0.384 e. The summed E-state index contributed by atoms with van der Waals surface area (Å²) in [7, 11) is -3.40. The van der Waals surface area contributed by atoms with Crippen molar-refractivity contribution in [2.24, 2.45) is 0 Å². The van der Waals surface area contributed by atoms with Crippen molar-refractivity contribution in [3.63, 3.8) is 0 Å². The van der Waals surface area contributed by atoms with E-state index in [9.17, 15) is 8.42 Å². The molecular formula is C16H18N2O2S. The van der Waals surface area contributed by atoms with Gasteiger partial charge in [-0.05, 0) is 30.2 Å². The summed E-state index contributed by atoms with van der Waals surface area (Å²) < 4.78 is 26.9. The number of fused-ring (bicyclic) bond motifs is 1. The van der Waals surface area contributed by atoms with E-state index in [1.165, 1.54) is 5.56 Å². The van der Waals surface area contributed by atoms with Crippen LogP contribution in [0.2, 0.25) is 0 Å². The summed E-state index contributed by atoms with van der Waals surface area (Å²) in [5.41, 5.74) is 2.44. The van der Waals surface area contributed by atoms with Crippen molar-refractivity contribution in [2.45, 2.75) is 17.2 Å². The molecule has 1 unspecified atom stereocenters. The van der Waals surface area contributed by atoms with Gasteiger partial charge in [0.05, 0.1) is 4.90 Å². The zero-order chi connectivity index (χ0) is 14.7. The smallest absolute Gasteiger partial charge is 0.240 e. The fourth-order valence-corrected chi connectivity index (χ4v) is 3.73. The van der Waals surface area contributed by atoms with E-state index in [0.29, 0.717) is 17.4 Å². The molecule has 2 aromatic rings. The third-order valence-corrected chi connectivity index (χ3v) is 5.25. The van der Waals surface area contributed by atoms with E-state index in [-0.39, 0.29) is 0 Å². The molecule has 3 rings (SSSR count). The monoisotopic (exact) mass is 302 g/mol. The van der Waals surface area contributed by atoms with Gasteiger partial charge in [-0.1, -0.05) is 36.4 Å². The third kappa shape index (κ3) is 3.09. The summed E-state index contributed by atoms with van der Waals surface area (Å²) in [6.07, 6.45) is 0.788. The molecule has 21 heavy (non-hydrogen) atoms. The summed E-state index contributed by atoms with van der Waals surface area (Å²) in [6.45, 7) is 1.31. The lowest BCUT2D eigenvalue weighted by molar-refractivity contribution is 0.572. The molecule has 2 N–H and O–H groups in total. The molecule has 0 aromatic heterocycles. The highest BCUT2D eigenvalue weighted by Crippen LogP contribution is 2.32. The van der Waals surface area contributed by atoms with Crippen LogP contribution in [0.1, 0.15) is 17.9 Å². The largest absolute Gasteiger partial charge is 0.384 e. The highest BCUT2D eigenvalue weighted by Gasteiger charge is 2.22. The second kappa shape index (κ2) is 5.87. The molecule has 0 fully saturated rings. The van der Waals surface area contributed by atoms with Crippen molar-refractivity contribution in [3.8, 4) is 0 Å². The molecule has 4 nitrogen and oxygen atoms in total. The average molecular weight is 302 g/mol. The number of anilines is 1. The average Bonchev–Trinajstić information content (AvgIpc) is 2.92. The predicted octanol–water partition coefficient (Wildman–Crippen LogP) is 2.56. The lowest BCUT2D eigenvalue weighted by Crippen LogP contribution is -2.26. The second-order valence-corrected chi connectivity index (χ2v) is 6.93. The minimum absolute atomic E-state index is 0.315. The molecule has 1 aliphatic heterocycles. The summed E-state index contributed by atoms with van der Waals surface area (Å²) in [5, 5.41) is 3.35. The van der Waals surface area contributed by atoms with Gasteiger partial charge in [-0.3, -0.25) is 0 Å². The predicted molar refractivity (Wildman–Crippen MR) is 83.9 cm³/mol. The molecule has 110 valence electrons. The first-order valence-electron chi connectivity index (χ1n) is 7.04. The van der Waals surface area contributed by atoms with E-state index in [1.54, 1.807) is 30.3 Å². The summed E-state index contributed by atoms with van der Waals surface area (Å²) in [4.78, 5) is 0.315. The van der Waals surface area contributed by atoms with Gasteiger partial charge in [0.25, 0.3) is 0 Å². The number of hydrogen-bond acceptors (Lipinski definition) is 3. The van der Waals surface area contributed by atoms with E-state index < -0.39 is 10.0 Å². The highest BCUT2D eigenvalue weighted by atomic mass is 32.2. The van der Waals surface area contributed by atoms with Crippen LogP contribution < -0.4 is 10.0 Å². The number of para-hydroxylation sites is 1. The molecule has 0 saturated heterocycles. The lowest BCUT2D eigenvalue weighted by Gasteiger charge is -2.11. The van der Waals surface area contributed by atoms with Gasteiger partial charge >= 0.3 is 0 Å². The van der Waals surface area contributed by atoms with Gasteiger partial charge in [0.15, 0.2) is 0 Å². The van der Waals surface area contributed by atoms with Gasteiger partial charge in [-0.25, -0.2) is 13.1 Å². The second-order valence-electron chi connectivity index (χ2n) is 5.16. The number of nitrogens with one attached hydrogen (secondary N) is 2. The van der Waals surface area contributed by atoms with Crippen LogP contribution >= 0.6 is 0 Å². The molecule has 1 aliphatic rings. The van der Waals surface area contributed by atoms with Gasteiger partial charge in [0.1, 0.15) is 0 Å². The van der Waals surface area contributed by atoms with Crippen LogP contribution in [-0.4, -0.2) is 21.5 Å². The van der Waals surface area contributed by atoms with Crippen molar-refractivity contribution in [1.82, 2.24) is 4.72 Å². The fraction of sp³-hybridized carbons (Fsp3) is 0.250. The zero-order valence-electron chi connectivity index (χ0n) is 11.6. The van der Waals surface area contributed by atoms with E-state index in [1.807, 2.05) is 12.1 Å². The zero-order valence-corrected chi connectivity index (χ0v) is 12.4. The van der Waals surface area contributed by atoms with E-state index in [0.717, 1.165) is 18.7 Å².